The van der Waals surface area contributed by atoms with Gasteiger partial charge in [-0.25, -0.2) is 13.1 Å². The monoisotopic (exact) mass is 390 g/mol. The standard InChI is InChI=1S/C19H21NO4S2/c21-19(22)15-10-4-6-12-17(15)25-18-13-7-5-11-16(18)20-26(23,24)14-8-2-1-3-9-14/h1-4,6,8-10,12,16,18,20H,5,7,11,13H2,(H,21,22)/p-1/t16-,18-/m0/s1. The van der Waals surface area contributed by atoms with E-state index in [2.05, 4.69) is 4.72 Å². The van der Waals surface area contributed by atoms with E-state index >= 15 is 0 Å². The lowest BCUT2D eigenvalue weighted by Crippen LogP contribution is -2.43. The maximum absolute atomic E-state index is 12.6. The zero-order valence-electron chi connectivity index (χ0n) is 14.1. The number of carboxylic acid groups (broad SMARTS) is 1. The van der Waals surface area contributed by atoms with Crippen molar-refractivity contribution < 1.29 is 18.3 Å². The van der Waals surface area contributed by atoms with Crippen molar-refractivity contribution in [2.75, 3.05) is 0 Å². The smallest absolute Gasteiger partial charge is 0.240 e. The summed E-state index contributed by atoms with van der Waals surface area (Å²) in [6, 6.07) is 14.7. The molecular weight excluding hydrogens is 370 g/mol. The normalized spacial score (nSPS) is 20.6. The van der Waals surface area contributed by atoms with Crippen LogP contribution in [-0.2, 0) is 10.0 Å². The molecule has 2 aromatic rings. The first kappa shape index (κ1) is 18.9. The summed E-state index contributed by atoms with van der Waals surface area (Å²) in [5.74, 6) is -1.22. The number of nitrogens with one attached hydrogen (secondary N) is 1. The molecule has 2 atom stereocenters. The Hall–Kier alpha value is -1.83. The van der Waals surface area contributed by atoms with Crippen LogP contribution in [0.2, 0.25) is 0 Å². The van der Waals surface area contributed by atoms with Gasteiger partial charge in [-0.05, 0) is 31.0 Å². The van der Waals surface area contributed by atoms with E-state index in [0.29, 0.717) is 4.90 Å². The number of carbonyl (C=O) groups is 1. The number of hydrogen-bond acceptors (Lipinski definition) is 5. The van der Waals surface area contributed by atoms with Crippen molar-refractivity contribution in [2.24, 2.45) is 0 Å². The average molecular weight is 391 g/mol. The van der Waals surface area contributed by atoms with Gasteiger partial charge < -0.3 is 9.90 Å². The molecule has 0 spiro atoms. The third-order valence-corrected chi connectivity index (χ3v) is 7.43. The van der Waals surface area contributed by atoms with Gasteiger partial charge in [-0.15, -0.1) is 11.8 Å². The summed E-state index contributed by atoms with van der Waals surface area (Å²) < 4.78 is 28.1. The van der Waals surface area contributed by atoms with Gasteiger partial charge in [0.25, 0.3) is 0 Å². The van der Waals surface area contributed by atoms with E-state index in [1.807, 2.05) is 0 Å². The van der Waals surface area contributed by atoms with Crippen LogP contribution in [0.1, 0.15) is 36.0 Å². The minimum atomic E-state index is -3.60. The first-order chi connectivity index (χ1) is 12.5. The quantitative estimate of drug-likeness (QED) is 0.819. The number of thioether (sulfide) groups is 1. The molecule has 0 amide bonds. The van der Waals surface area contributed by atoms with Crippen LogP contribution in [0.4, 0.5) is 0 Å². The molecule has 0 aliphatic heterocycles. The topological polar surface area (TPSA) is 86.3 Å². The van der Waals surface area contributed by atoms with Crippen molar-refractivity contribution in [3.63, 3.8) is 0 Å². The van der Waals surface area contributed by atoms with Crippen molar-refractivity contribution >= 4 is 27.8 Å². The second kappa shape index (κ2) is 8.24. The van der Waals surface area contributed by atoms with E-state index in [1.165, 1.54) is 17.8 Å². The van der Waals surface area contributed by atoms with Crippen LogP contribution in [0, 0.1) is 0 Å². The molecule has 0 bridgehead atoms. The van der Waals surface area contributed by atoms with Gasteiger partial charge in [0.15, 0.2) is 0 Å². The molecule has 0 saturated heterocycles. The molecule has 1 fully saturated rings. The summed E-state index contributed by atoms with van der Waals surface area (Å²) in [5, 5.41) is 11.3. The Balaban J connectivity index is 1.80. The molecule has 0 heterocycles. The first-order valence-corrected chi connectivity index (χ1v) is 10.9. The molecule has 0 aromatic heterocycles. The molecule has 5 nitrogen and oxygen atoms in total. The van der Waals surface area contributed by atoms with Crippen LogP contribution in [0.15, 0.2) is 64.4 Å². The zero-order valence-corrected chi connectivity index (χ0v) is 15.8. The number of carboxylic acids is 1. The summed E-state index contributed by atoms with van der Waals surface area (Å²) in [6.07, 6.45) is 3.50. The second-order valence-electron chi connectivity index (χ2n) is 6.27. The maximum atomic E-state index is 12.6. The Morgan fingerprint density at radius 3 is 2.38 bits per heavy atom. The molecule has 0 unspecified atom stereocenters. The molecule has 26 heavy (non-hydrogen) atoms. The fourth-order valence-electron chi connectivity index (χ4n) is 3.14. The van der Waals surface area contributed by atoms with Crippen LogP contribution in [0.25, 0.3) is 0 Å². The van der Waals surface area contributed by atoms with Crippen molar-refractivity contribution in [3.05, 3.63) is 60.2 Å². The van der Waals surface area contributed by atoms with E-state index in [0.717, 1.165) is 25.7 Å². The van der Waals surface area contributed by atoms with Gasteiger partial charge in [0.05, 0.1) is 10.9 Å². The van der Waals surface area contributed by atoms with Crippen LogP contribution in [-0.4, -0.2) is 25.7 Å². The van der Waals surface area contributed by atoms with Crippen LogP contribution in [0.5, 0.6) is 0 Å². The Morgan fingerprint density at radius 1 is 1.00 bits per heavy atom. The van der Waals surface area contributed by atoms with Crippen molar-refractivity contribution in [3.8, 4) is 0 Å². The lowest BCUT2D eigenvalue weighted by molar-refractivity contribution is -0.255. The summed E-state index contributed by atoms with van der Waals surface area (Å²) in [6.45, 7) is 0. The van der Waals surface area contributed by atoms with Gasteiger partial charge in [-0.2, -0.15) is 0 Å². The van der Waals surface area contributed by atoms with Crippen LogP contribution >= 0.6 is 11.8 Å². The number of sulfonamides is 1. The molecule has 1 aliphatic rings. The Kier molecular flexibility index (Phi) is 6.01. The number of carbonyl (C=O) groups excluding carboxylic acids is 1. The molecule has 1 N–H and O–H groups in total. The highest BCUT2D eigenvalue weighted by molar-refractivity contribution is 8.00. The zero-order chi connectivity index (χ0) is 18.6. The molecule has 138 valence electrons. The third-order valence-electron chi connectivity index (χ3n) is 4.45. The van der Waals surface area contributed by atoms with E-state index in [9.17, 15) is 18.3 Å². The average Bonchev–Trinajstić information content (AvgIpc) is 2.64. The lowest BCUT2D eigenvalue weighted by atomic mass is 9.96. The van der Waals surface area contributed by atoms with Crippen LogP contribution in [0.3, 0.4) is 0 Å². The number of aromatic carboxylic acids is 1. The third kappa shape index (κ3) is 4.47. The van der Waals surface area contributed by atoms with Gasteiger partial charge in [-0.3, -0.25) is 0 Å². The van der Waals surface area contributed by atoms with Gasteiger partial charge >= 0.3 is 0 Å². The number of hydrogen-bond donors (Lipinski definition) is 1. The Bertz CT molecular complexity index is 868. The minimum Gasteiger partial charge on any atom is -0.545 e. The van der Waals surface area contributed by atoms with E-state index in [1.54, 1.807) is 48.5 Å². The molecule has 3 rings (SSSR count). The van der Waals surface area contributed by atoms with Gasteiger partial charge in [0.2, 0.25) is 10.0 Å². The molecule has 2 aromatic carbocycles. The van der Waals surface area contributed by atoms with Crippen molar-refractivity contribution in [2.45, 2.75) is 46.8 Å². The summed E-state index contributed by atoms with van der Waals surface area (Å²) in [4.78, 5) is 12.2. The van der Waals surface area contributed by atoms with Crippen molar-refractivity contribution in [1.82, 2.24) is 4.72 Å². The SMILES string of the molecule is O=C([O-])c1ccccc1S[C@H]1CCCC[C@@H]1NS(=O)(=O)c1ccccc1. The maximum Gasteiger partial charge on any atom is 0.240 e. The summed E-state index contributed by atoms with van der Waals surface area (Å²) in [7, 11) is -3.60. The molecule has 0 radical (unpaired) electrons. The molecule has 7 heteroatoms. The van der Waals surface area contributed by atoms with Gasteiger partial charge in [0.1, 0.15) is 0 Å². The molecular formula is C19H20NO4S2-. The highest BCUT2D eigenvalue weighted by atomic mass is 32.2. The van der Waals surface area contributed by atoms with E-state index < -0.39 is 16.0 Å². The molecule has 1 saturated carbocycles. The predicted molar refractivity (Wildman–Crippen MR) is 99.4 cm³/mol. The predicted octanol–water partition coefficient (Wildman–Crippen LogP) is 2.43. The van der Waals surface area contributed by atoms with Gasteiger partial charge in [0, 0.05) is 21.8 Å². The summed E-state index contributed by atoms with van der Waals surface area (Å²) in [5.41, 5.74) is 0.146. The highest BCUT2D eigenvalue weighted by Crippen LogP contribution is 2.36. The highest BCUT2D eigenvalue weighted by Gasteiger charge is 2.30. The lowest BCUT2D eigenvalue weighted by Gasteiger charge is -2.32. The summed E-state index contributed by atoms with van der Waals surface area (Å²) >= 11 is 1.42. The first-order valence-electron chi connectivity index (χ1n) is 8.52. The largest absolute Gasteiger partial charge is 0.545 e. The Morgan fingerprint density at radius 2 is 1.65 bits per heavy atom. The second-order valence-corrected chi connectivity index (χ2v) is 9.26. The van der Waals surface area contributed by atoms with E-state index in [4.69, 9.17) is 0 Å². The fraction of sp³-hybridized carbons (Fsp3) is 0.316. The Labute approximate surface area is 157 Å². The van der Waals surface area contributed by atoms with Gasteiger partial charge in [-0.1, -0.05) is 49.2 Å². The van der Waals surface area contributed by atoms with Crippen molar-refractivity contribution in [1.29, 1.82) is 0 Å². The fourth-order valence-corrected chi connectivity index (χ4v) is 5.97. The number of benzene rings is 2. The minimum absolute atomic E-state index is 0.0252. The molecule has 1 aliphatic carbocycles. The van der Waals surface area contributed by atoms with Crippen LogP contribution < -0.4 is 9.83 Å². The number of rotatable bonds is 6. The van der Waals surface area contributed by atoms with E-state index in [-0.39, 0.29) is 21.8 Å².